The third kappa shape index (κ3) is 2.51. The van der Waals surface area contributed by atoms with Crippen LogP contribution in [-0.2, 0) is 11.2 Å². The zero-order chi connectivity index (χ0) is 13.1. The molecule has 18 heavy (non-hydrogen) atoms. The second-order valence-electron chi connectivity index (χ2n) is 3.68. The van der Waals surface area contributed by atoms with Crippen molar-refractivity contribution in [2.75, 3.05) is 0 Å². The van der Waals surface area contributed by atoms with Crippen LogP contribution in [0.25, 0.3) is 11.3 Å². The van der Waals surface area contributed by atoms with Crippen LogP contribution >= 0.6 is 0 Å². The number of aromatic nitrogens is 1. The van der Waals surface area contributed by atoms with Gasteiger partial charge in [0, 0.05) is 5.56 Å². The molecular formula is C13H9F2NO2. The van der Waals surface area contributed by atoms with Crippen molar-refractivity contribution in [1.29, 1.82) is 0 Å². The van der Waals surface area contributed by atoms with Crippen LogP contribution in [0.4, 0.5) is 8.78 Å². The van der Waals surface area contributed by atoms with E-state index in [4.69, 9.17) is 5.11 Å². The summed E-state index contributed by atoms with van der Waals surface area (Å²) in [6, 6.07) is 8.32. The van der Waals surface area contributed by atoms with Crippen LogP contribution in [0.15, 0.2) is 36.4 Å². The Balaban J connectivity index is 2.47. The molecule has 0 amide bonds. The van der Waals surface area contributed by atoms with Crippen molar-refractivity contribution < 1.29 is 18.7 Å². The summed E-state index contributed by atoms with van der Waals surface area (Å²) in [6.45, 7) is 0. The monoisotopic (exact) mass is 249 g/mol. The van der Waals surface area contributed by atoms with Gasteiger partial charge in [-0.3, -0.25) is 4.79 Å². The van der Waals surface area contributed by atoms with Crippen LogP contribution in [0, 0.1) is 11.6 Å². The molecule has 0 atom stereocenters. The number of carboxylic acid groups (broad SMARTS) is 1. The zero-order valence-electron chi connectivity index (χ0n) is 9.23. The van der Waals surface area contributed by atoms with E-state index in [2.05, 4.69) is 4.98 Å². The average Bonchev–Trinajstić information content (AvgIpc) is 2.32. The molecule has 0 saturated carbocycles. The fourth-order valence-electron chi connectivity index (χ4n) is 1.57. The lowest BCUT2D eigenvalue weighted by Gasteiger charge is -2.05. The van der Waals surface area contributed by atoms with Crippen molar-refractivity contribution in [1.82, 2.24) is 4.98 Å². The van der Waals surface area contributed by atoms with Crippen molar-refractivity contribution >= 4 is 5.97 Å². The fourth-order valence-corrected chi connectivity index (χ4v) is 1.57. The summed E-state index contributed by atoms with van der Waals surface area (Å²) in [6.07, 6.45) is -0.534. The molecule has 92 valence electrons. The van der Waals surface area contributed by atoms with Crippen LogP contribution in [0.1, 0.15) is 5.69 Å². The lowest BCUT2D eigenvalue weighted by molar-refractivity contribution is -0.136. The molecule has 0 saturated heterocycles. The van der Waals surface area contributed by atoms with Gasteiger partial charge in [0.2, 0.25) is 0 Å². The van der Waals surface area contributed by atoms with Gasteiger partial charge >= 0.3 is 5.97 Å². The van der Waals surface area contributed by atoms with E-state index in [-0.39, 0.29) is 17.0 Å². The second-order valence-corrected chi connectivity index (χ2v) is 3.68. The minimum atomic E-state index is -1.19. The minimum Gasteiger partial charge on any atom is -0.481 e. The van der Waals surface area contributed by atoms with E-state index in [0.29, 0.717) is 0 Å². The topological polar surface area (TPSA) is 50.2 Å². The molecule has 2 rings (SSSR count). The number of hydrogen-bond donors (Lipinski definition) is 1. The highest BCUT2D eigenvalue weighted by atomic mass is 19.1. The third-order valence-electron chi connectivity index (χ3n) is 2.39. The largest absolute Gasteiger partial charge is 0.481 e. The first kappa shape index (κ1) is 12.2. The highest BCUT2D eigenvalue weighted by molar-refractivity contribution is 5.70. The summed E-state index contributed by atoms with van der Waals surface area (Å²) >= 11 is 0. The maximum Gasteiger partial charge on any atom is 0.309 e. The summed E-state index contributed by atoms with van der Waals surface area (Å²) in [5, 5.41) is 8.63. The molecule has 1 N–H and O–H groups in total. The molecule has 1 aromatic carbocycles. The van der Waals surface area contributed by atoms with E-state index in [1.54, 1.807) is 6.07 Å². The average molecular weight is 249 g/mol. The molecule has 0 fully saturated rings. The molecule has 0 aliphatic rings. The van der Waals surface area contributed by atoms with Crippen molar-refractivity contribution in [2.45, 2.75) is 6.42 Å². The zero-order valence-corrected chi connectivity index (χ0v) is 9.23. The Morgan fingerprint density at radius 2 is 1.83 bits per heavy atom. The van der Waals surface area contributed by atoms with Gasteiger partial charge in [-0.25, -0.2) is 13.8 Å². The van der Waals surface area contributed by atoms with Crippen molar-refractivity contribution in [3.05, 3.63) is 53.7 Å². The Kier molecular flexibility index (Phi) is 3.32. The van der Waals surface area contributed by atoms with E-state index >= 15 is 0 Å². The SMILES string of the molecule is O=C(O)Cc1nc(-c2ccccc2F)ccc1F. The van der Waals surface area contributed by atoms with Gasteiger partial charge in [-0.05, 0) is 24.3 Å². The molecule has 0 bridgehead atoms. The number of halogens is 2. The molecule has 1 heterocycles. The van der Waals surface area contributed by atoms with E-state index in [1.165, 1.54) is 24.3 Å². The Hall–Kier alpha value is -2.30. The predicted octanol–water partition coefficient (Wildman–Crippen LogP) is 2.65. The summed E-state index contributed by atoms with van der Waals surface area (Å²) in [7, 11) is 0. The van der Waals surface area contributed by atoms with E-state index < -0.39 is 24.0 Å². The molecular weight excluding hydrogens is 240 g/mol. The number of carboxylic acids is 1. The Labute approximate surface area is 102 Å². The number of hydrogen-bond acceptors (Lipinski definition) is 2. The first-order valence-corrected chi connectivity index (χ1v) is 5.20. The van der Waals surface area contributed by atoms with Gasteiger partial charge in [0.05, 0.1) is 17.8 Å². The number of carbonyl (C=O) groups is 1. The summed E-state index contributed by atoms with van der Waals surface area (Å²) in [5.41, 5.74) is 0.221. The lowest BCUT2D eigenvalue weighted by Crippen LogP contribution is -2.06. The first-order chi connectivity index (χ1) is 8.58. The highest BCUT2D eigenvalue weighted by Gasteiger charge is 2.12. The molecule has 0 aliphatic carbocycles. The normalized spacial score (nSPS) is 10.3. The van der Waals surface area contributed by atoms with Crippen LogP contribution in [0.2, 0.25) is 0 Å². The van der Waals surface area contributed by atoms with Crippen LogP contribution in [0.5, 0.6) is 0 Å². The Bertz CT molecular complexity index is 599. The standard InChI is InChI=1S/C13H9F2NO2/c14-9-4-2-1-3-8(9)11-6-5-10(15)12(16-11)7-13(17)18/h1-6H,7H2,(H,17,18). The van der Waals surface area contributed by atoms with Gasteiger partial charge < -0.3 is 5.11 Å². The fraction of sp³-hybridized carbons (Fsp3) is 0.0769. The molecule has 5 heteroatoms. The number of rotatable bonds is 3. The quantitative estimate of drug-likeness (QED) is 0.909. The maximum absolute atomic E-state index is 13.5. The van der Waals surface area contributed by atoms with Gasteiger partial charge in [-0.2, -0.15) is 0 Å². The summed E-state index contributed by atoms with van der Waals surface area (Å²) in [5.74, 6) is -2.39. The molecule has 0 unspecified atom stereocenters. The van der Waals surface area contributed by atoms with Gasteiger partial charge in [-0.1, -0.05) is 12.1 Å². The lowest BCUT2D eigenvalue weighted by atomic mass is 10.1. The second kappa shape index (κ2) is 4.91. The summed E-state index contributed by atoms with van der Waals surface area (Å²) < 4.78 is 26.8. The summed E-state index contributed by atoms with van der Waals surface area (Å²) in [4.78, 5) is 14.4. The van der Waals surface area contributed by atoms with Gasteiger partial charge in [0.15, 0.2) is 0 Å². The van der Waals surface area contributed by atoms with E-state index in [9.17, 15) is 13.6 Å². The van der Waals surface area contributed by atoms with Crippen molar-refractivity contribution in [3.63, 3.8) is 0 Å². The smallest absolute Gasteiger partial charge is 0.309 e. The van der Waals surface area contributed by atoms with E-state index in [1.807, 2.05) is 0 Å². The van der Waals surface area contributed by atoms with E-state index in [0.717, 1.165) is 6.07 Å². The van der Waals surface area contributed by atoms with Gasteiger partial charge in [0.1, 0.15) is 11.6 Å². The van der Waals surface area contributed by atoms with Gasteiger partial charge in [0.25, 0.3) is 0 Å². The molecule has 0 radical (unpaired) electrons. The minimum absolute atomic E-state index is 0.205. The van der Waals surface area contributed by atoms with Crippen molar-refractivity contribution in [3.8, 4) is 11.3 Å². The maximum atomic E-state index is 13.5. The molecule has 2 aromatic rings. The number of nitrogens with zero attached hydrogens (tertiary/aromatic N) is 1. The van der Waals surface area contributed by atoms with Crippen molar-refractivity contribution in [2.24, 2.45) is 0 Å². The third-order valence-corrected chi connectivity index (χ3v) is 2.39. The van der Waals surface area contributed by atoms with Crippen LogP contribution in [-0.4, -0.2) is 16.1 Å². The highest BCUT2D eigenvalue weighted by Crippen LogP contribution is 2.21. The number of pyridine rings is 1. The number of benzene rings is 1. The Morgan fingerprint density at radius 1 is 1.11 bits per heavy atom. The molecule has 1 aromatic heterocycles. The molecule has 3 nitrogen and oxygen atoms in total. The Morgan fingerprint density at radius 3 is 2.50 bits per heavy atom. The predicted molar refractivity (Wildman–Crippen MR) is 60.9 cm³/mol. The van der Waals surface area contributed by atoms with Crippen LogP contribution < -0.4 is 0 Å². The van der Waals surface area contributed by atoms with Crippen LogP contribution in [0.3, 0.4) is 0 Å². The number of aliphatic carboxylic acids is 1. The first-order valence-electron chi connectivity index (χ1n) is 5.20. The molecule has 0 spiro atoms. The van der Waals surface area contributed by atoms with Gasteiger partial charge in [-0.15, -0.1) is 0 Å². The molecule has 0 aliphatic heterocycles.